The summed E-state index contributed by atoms with van der Waals surface area (Å²) in [5.41, 5.74) is 7.21. The zero-order chi connectivity index (χ0) is 21.1. The van der Waals surface area contributed by atoms with E-state index in [1.54, 1.807) is 0 Å². The molecule has 2 aromatic carbocycles. The predicted octanol–water partition coefficient (Wildman–Crippen LogP) is 7.39. The van der Waals surface area contributed by atoms with E-state index >= 15 is 0 Å². The smallest absolute Gasteiger partial charge is 0.195 e. The van der Waals surface area contributed by atoms with Crippen molar-refractivity contribution in [3.63, 3.8) is 0 Å². The molecule has 0 saturated heterocycles. The van der Waals surface area contributed by atoms with Crippen LogP contribution >= 0.6 is 0 Å². The van der Waals surface area contributed by atoms with Crippen LogP contribution in [0.5, 0.6) is 0 Å². The number of nitrogens with zero attached hydrogens (tertiary/aromatic N) is 1. The summed E-state index contributed by atoms with van der Waals surface area (Å²) in [6.07, 6.45) is 12.8. The fraction of sp³-hybridized carbons (Fsp3) is 0.483. The van der Waals surface area contributed by atoms with Crippen molar-refractivity contribution in [2.75, 3.05) is 6.54 Å². The summed E-state index contributed by atoms with van der Waals surface area (Å²) >= 11 is 0. The van der Waals surface area contributed by atoms with Crippen LogP contribution in [0.15, 0.2) is 60.7 Å². The molecule has 1 aliphatic heterocycles. The van der Waals surface area contributed by atoms with Crippen LogP contribution < -0.4 is 0 Å². The molecular weight excluding hydrogens is 362 g/mol. The Morgan fingerprint density at radius 2 is 1.80 bits per heavy atom. The summed E-state index contributed by atoms with van der Waals surface area (Å²) in [5, 5.41) is 0. The first-order valence-electron chi connectivity index (χ1n) is 12.0. The van der Waals surface area contributed by atoms with Crippen molar-refractivity contribution in [3.05, 3.63) is 77.4 Å². The second-order valence-corrected chi connectivity index (χ2v) is 10.1. The SMILES string of the molecule is Cc1ccc2c(c1)C(C)(Cc1ccccc1)C(C=CC1CCCC1)=[N+]2CCC(C)C. The van der Waals surface area contributed by atoms with Gasteiger partial charge >= 0.3 is 0 Å². The molecule has 0 aromatic heterocycles. The van der Waals surface area contributed by atoms with E-state index in [0.29, 0.717) is 5.92 Å². The second-order valence-electron chi connectivity index (χ2n) is 10.1. The molecule has 30 heavy (non-hydrogen) atoms. The lowest BCUT2D eigenvalue weighted by Crippen LogP contribution is -2.34. The maximum atomic E-state index is 2.64. The van der Waals surface area contributed by atoms with Crippen molar-refractivity contribution in [2.24, 2.45) is 11.8 Å². The summed E-state index contributed by atoms with van der Waals surface area (Å²) in [5.74, 6) is 1.47. The van der Waals surface area contributed by atoms with Crippen LogP contribution in [0.2, 0.25) is 0 Å². The van der Waals surface area contributed by atoms with Gasteiger partial charge in [0.1, 0.15) is 6.54 Å². The lowest BCUT2D eigenvalue weighted by Gasteiger charge is -2.23. The molecule has 1 heteroatoms. The Labute approximate surface area is 183 Å². The first-order chi connectivity index (χ1) is 14.5. The van der Waals surface area contributed by atoms with Gasteiger partial charge in [-0.1, -0.05) is 74.7 Å². The molecule has 0 bridgehead atoms. The van der Waals surface area contributed by atoms with Gasteiger partial charge in [0.15, 0.2) is 5.71 Å². The van der Waals surface area contributed by atoms with Crippen LogP contribution in [-0.4, -0.2) is 16.8 Å². The molecule has 1 atom stereocenters. The van der Waals surface area contributed by atoms with Gasteiger partial charge in [0, 0.05) is 24.1 Å². The summed E-state index contributed by atoms with van der Waals surface area (Å²) < 4.78 is 2.64. The number of hydrogen-bond acceptors (Lipinski definition) is 0. The van der Waals surface area contributed by atoms with Crippen molar-refractivity contribution < 1.29 is 4.58 Å². The van der Waals surface area contributed by atoms with Crippen LogP contribution in [-0.2, 0) is 11.8 Å². The van der Waals surface area contributed by atoms with Crippen molar-refractivity contribution >= 4 is 11.4 Å². The third-order valence-electron chi connectivity index (χ3n) is 7.15. The first-order valence-corrected chi connectivity index (χ1v) is 12.0. The van der Waals surface area contributed by atoms with Crippen LogP contribution in [0.25, 0.3) is 0 Å². The minimum absolute atomic E-state index is 0.00872. The number of allylic oxidation sites excluding steroid dienone is 2. The minimum Gasteiger partial charge on any atom is -0.195 e. The van der Waals surface area contributed by atoms with Crippen LogP contribution in [0.1, 0.15) is 69.6 Å². The van der Waals surface area contributed by atoms with Crippen molar-refractivity contribution in [3.8, 4) is 0 Å². The minimum atomic E-state index is 0.00872. The van der Waals surface area contributed by atoms with E-state index in [4.69, 9.17) is 0 Å². The molecule has 1 saturated carbocycles. The molecule has 1 unspecified atom stereocenters. The van der Waals surface area contributed by atoms with E-state index in [-0.39, 0.29) is 5.41 Å². The van der Waals surface area contributed by atoms with E-state index in [2.05, 4.69) is 93.0 Å². The highest BCUT2D eigenvalue weighted by molar-refractivity contribution is 6.03. The van der Waals surface area contributed by atoms with Gasteiger partial charge in [-0.3, -0.25) is 0 Å². The largest absolute Gasteiger partial charge is 0.209 e. The zero-order valence-electron chi connectivity index (χ0n) is 19.3. The molecule has 2 aromatic rings. The number of hydrogen-bond donors (Lipinski definition) is 0. The van der Waals surface area contributed by atoms with E-state index in [1.165, 1.54) is 60.2 Å². The average molecular weight is 401 g/mol. The Morgan fingerprint density at radius 3 is 2.50 bits per heavy atom. The van der Waals surface area contributed by atoms with Gasteiger partial charge in [-0.05, 0) is 56.6 Å². The molecule has 158 valence electrons. The van der Waals surface area contributed by atoms with E-state index in [0.717, 1.165) is 18.9 Å². The monoisotopic (exact) mass is 400 g/mol. The predicted molar refractivity (Wildman–Crippen MR) is 129 cm³/mol. The molecule has 1 aliphatic carbocycles. The summed E-state index contributed by atoms with van der Waals surface area (Å²) in [6.45, 7) is 10.5. The molecule has 1 fully saturated rings. The van der Waals surface area contributed by atoms with Crippen molar-refractivity contribution in [1.29, 1.82) is 0 Å². The number of aryl methyl sites for hydroxylation is 1. The molecule has 0 N–H and O–H groups in total. The number of fused-ring (bicyclic) bond motifs is 1. The van der Waals surface area contributed by atoms with Gasteiger partial charge in [-0.25, -0.2) is 0 Å². The fourth-order valence-corrected chi connectivity index (χ4v) is 5.36. The van der Waals surface area contributed by atoms with Crippen molar-refractivity contribution in [1.82, 2.24) is 0 Å². The maximum Gasteiger partial charge on any atom is 0.209 e. The number of rotatable bonds is 7. The summed E-state index contributed by atoms with van der Waals surface area (Å²) in [7, 11) is 0. The quantitative estimate of drug-likeness (QED) is 0.426. The first kappa shape index (κ1) is 21.1. The third kappa shape index (κ3) is 4.31. The van der Waals surface area contributed by atoms with Gasteiger partial charge in [-0.2, -0.15) is 4.58 Å². The Hall–Kier alpha value is -2.15. The van der Waals surface area contributed by atoms with Gasteiger partial charge < -0.3 is 0 Å². The Balaban J connectivity index is 1.81. The normalized spacial score (nSPS) is 21.9. The fourth-order valence-electron chi connectivity index (χ4n) is 5.36. The molecule has 0 spiro atoms. The second kappa shape index (κ2) is 8.92. The lowest BCUT2D eigenvalue weighted by atomic mass is 9.74. The van der Waals surface area contributed by atoms with Gasteiger partial charge in [-0.15, -0.1) is 0 Å². The Bertz CT molecular complexity index is 928. The van der Waals surface area contributed by atoms with Gasteiger partial charge in [0.25, 0.3) is 0 Å². The van der Waals surface area contributed by atoms with E-state index in [1.807, 2.05) is 0 Å². The van der Waals surface area contributed by atoms with Gasteiger partial charge in [0.05, 0.1) is 5.41 Å². The maximum absolute atomic E-state index is 2.64. The molecule has 4 rings (SSSR count). The summed E-state index contributed by atoms with van der Waals surface area (Å²) in [6, 6.07) is 18.1. The summed E-state index contributed by atoms with van der Waals surface area (Å²) in [4.78, 5) is 0. The Kier molecular flexibility index (Phi) is 6.27. The molecule has 2 aliphatic rings. The standard InChI is InChI=1S/C29H38N/c1-22(2)18-19-30-27-16-14-23(3)20-26(27)29(4,21-25-12-6-5-7-13-25)28(30)17-15-24-10-8-9-11-24/h5-7,12-17,20,22,24H,8-11,18-19,21H2,1-4H3/q+1. The Morgan fingerprint density at radius 1 is 1.07 bits per heavy atom. The topological polar surface area (TPSA) is 3.01 Å². The highest BCUT2D eigenvalue weighted by atomic mass is 15.1. The molecular formula is C29H38N+. The highest BCUT2D eigenvalue weighted by Gasteiger charge is 2.47. The molecule has 0 amide bonds. The van der Waals surface area contributed by atoms with E-state index < -0.39 is 0 Å². The molecule has 1 nitrogen and oxygen atoms in total. The van der Waals surface area contributed by atoms with Crippen LogP contribution in [0.3, 0.4) is 0 Å². The zero-order valence-corrected chi connectivity index (χ0v) is 19.3. The average Bonchev–Trinajstić information content (AvgIpc) is 3.31. The molecule has 0 radical (unpaired) electrons. The number of benzene rings is 2. The van der Waals surface area contributed by atoms with Crippen LogP contribution in [0.4, 0.5) is 5.69 Å². The highest BCUT2D eigenvalue weighted by Crippen LogP contribution is 2.43. The van der Waals surface area contributed by atoms with Gasteiger partial charge in [0.2, 0.25) is 5.69 Å². The van der Waals surface area contributed by atoms with E-state index in [9.17, 15) is 0 Å². The molecule has 1 heterocycles. The van der Waals surface area contributed by atoms with Crippen LogP contribution in [0, 0.1) is 18.8 Å². The third-order valence-corrected chi connectivity index (χ3v) is 7.15. The van der Waals surface area contributed by atoms with Crippen molar-refractivity contribution in [2.45, 2.75) is 71.6 Å². The lowest BCUT2D eigenvalue weighted by molar-refractivity contribution is -0.439.